The van der Waals surface area contributed by atoms with E-state index in [-0.39, 0.29) is 31.8 Å². The Bertz CT molecular complexity index is 280. The number of rotatable bonds is 7. The third-order valence-corrected chi connectivity index (χ3v) is 1.71. The standard InChI is InChI=1S/C11H17NO4/c1-8(2)7-16-11(15)6-10(14)5-9(13)3-4-12/h8-9,13H,3,5-7H2,1-2H3/t9-/m1/s1. The minimum atomic E-state index is -0.990. The number of aliphatic hydroxyl groups is 1. The highest BCUT2D eigenvalue weighted by molar-refractivity contribution is 5.95. The maximum absolute atomic E-state index is 11.2. The smallest absolute Gasteiger partial charge is 0.313 e. The van der Waals surface area contributed by atoms with Crippen molar-refractivity contribution in [3.63, 3.8) is 0 Å². The fraction of sp³-hybridized carbons (Fsp3) is 0.727. The van der Waals surface area contributed by atoms with Gasteiger partial charge in [0, 0.05) is 6.42 Å². The highest BCUT2D eigenvalue weighted by atomic mass is 16.5. The zero-order chi connectivity index (χ0) is 12.6. The summed E-state index contributed by atoms with van der Waals surface area (Å²) >= 11 is 0. The molecule has 0 heterocycles. The number of Topliss-reactive ketones (excluding diaryl/α,β-unsaturated/α-hetero) is 1. The predicted molar refractivity (Wildman–Crippen MR) is 56.3 cm³/mol. The van der Waals surface area contributed by atoms with Crippen molar-refractivity contribution >= 4 is 11.8 Å². The molecule has 0 aliphatic carbocycles. The second-order valence-corrected chi connectivity index (χ2v) is 4.01. The van der Waals surface area contributed by atoms with Crippen LogP contribution in [0.4, 0.5) is 0 Å². The van der Waals surface area contributed by atoms with Crippen LogP contribution in [-0.4, -0.2) is 29.6 Å². The Hall–Kier alpha value is -1.41. The van der Waals surface area contributed by atoms with Gasteiger partial charge in [-0.1, -0.05) is 13.8 Å². The van der Waals surface area contributed by atoms with Crippen LogP contribution in [0.25, 0.3) is 0 Å². The Labute approximate surface area is 95.0 Å². The van der Waals surface area contributed by atoms with Crippen LogP contribution in [0.15, 0.2) is 0 Å². The minimum absolute atomic E-state index is 0.104. The van der Waals surface area contributed by atoms with Crippen molar-refractivity contribution in [2.75, 3.05) is 6.61 Å². The largest absolute Gasteiger partial charge is 0.465 e. The number of carbonyl (C=O) groups excluding carboxylic acids is 2. The van der Waals surface area contributed by atoms with Crippen LogP contribution in [0.3, 0.4) is 0 Å². The molecule has 0 saturated carbocycles. The first-order chi connectivity index (χ1) is 7.45. The van der Waals surface area contributed by atoms with Crippen LogP contribution >= 0.6 is 0 Å². The van der Waals surface area contributed by atoms with E-state index in [4.69, 9.17) is 15.1 Å². The predicted octanol–water partition coefficient (Wildman–Crippen LogP) is 0.809. The number of hydrogen-bond acceptors (Lipinski definition) is 5. The zero-order valence-electron chi connectivity index (χ0n) is 9.60. The van der Waals surface area contributed by atoms with Crippen LogP contribution in [0.2, 0.25) is 0 Å². The third-order valence-electron chi connectivity index (χ3n) is 1.71. The Morgan fingerprint density at radius 1 is 1.44 bits per heavy atom. The van der Waals surface area contributed by atoms with Crippen molar-refractivity contribution < 1.29 is 19.4 Å². The van der Waals surface area contributed by atoms with Crippen molar-refractivity contribution in [3.8, 4) is 6.07 Å². The van der Waals surface area contributed by atoms with E-state index in [1.165, 1.54) is 0 Å². The molecule has 0 fully saturated rings. The molecule has 0 aromatic heterocycles. The van der Waals surface area contributed by atoms with Crippen LogP contribution in [0, 0.1) is 17.2 Å². The molecule has 0 radical (unpaired) electrons. The summed E-state index contributed by atoms with van der Waals surface area (Å²) in [6, 6.07) is 1.75. The summed E-state index contributed by atoms with van der Waals surface area (Å²) in [5.74, 6) is -0.761. The second-order valence-electron chi connectivity index (χ2n) is 4.01. The lowest BCUT2D eigenvalue weighted by molar-refractivity contribution is -0.147. The number of carbonyl (C=O) groups is 2. The second kappa shape index (κ2) is 7.83. The quantitative estimate of drug-likeness (QED) is 0.513. The molecule has 0 aromatic rings. The molecule has 5 nitrogen and oxygen atoms in total. The lowest BCUT2D eigenvalue weighted by Gasteiger charge is -2.07. The van der Waals surface area contributed by atoms with Gasteiger partial charge in [-0.05, 0) is 5.92 Å². The van der Waals surface area contributed by atoms with Gasteiger partial charge in [0.15, 0.2) is 0 Å². The minimum Gasteiger partial charge on any atom is -0.465 e. The van der Waals surface area contributed by atoms with Crippen LogP contribution in [0.5, 0.6) is 0 Å². The van der Waals surface area contributed by atoms with Gasteiger partial charge < -0.3 is 9.84 Å². The van der Waals surface area contributed by atoms with Crippen molar-refractivity contribution in [1.29, 1.82) is 5.26 Å². The van der Waals surface area contributed by atoms with Crippen molar-refractivity contribution in [3.05, 3.63) is 0 Å². The van der Waals surface area contributed by atoms with Crippen molar-refractivity contribution in [2.24, 2.45) is 5.92 Å². The molecule has 16 heavy (non-hydrogen) atoms. The third kappa shape index (κ3) is 7.94. The van der Waals surface area contributed by atoms with Gasteiger partial charge in [0.05, 0.1) is 25.2 Å². The number of nitrogens with zero attached hydrogens (tertiary/aromatic N) is 1. The number of ketones is 1. The number of ether oxygens (including phenoxy) is 1. The molecule has 0 amide bonds. The molecule has 0 rings (SSSR count). The average Bonchev–Trinajstić information content (AvgIpc) is 2.14. The molecular formula is C11H17NO4. The molecule has 0 bridgehead atoms. The summed E-state index contributed by atoms with van der Waals surface area (Å²) in [5, 5.41) is 17.4. The number of aliphatic hydroxyl groups excluding tert-OH is 1. The van der Waals surface area contributed by atoms with E-state index in [2.05, 4.69) is 0 Å². The first kappa shape index (κ1) is 14.6. The summed E-state index contributed by atoms with van der Waals surface area (Å²) in [6.45, 7) is 4.07. The molecule has 0 aliphatic rings. The van der Waals surface area contributed by atoms with E-state index in [9.17, 15) is 9.59 Å². The van der Waals surface area contributed by atoms with Crippen LogP contribution in [0.1, 0.15) is 33.1 Å². The molecule has 0 unspecified atom stereocenters. The van der Waals surface area contributed by atoms with Crippen molar-refractivity contribution in [1.82, 2.24) is 0 Å². The molecular weight excluding hydrogens is 210 g/mol. The van der Waals surface area contributed by atoms with Gasteiger partial charge in [-0.2, -0.15) is 5.26 Å². The van der Waals surface area contributed by atoms with Gasteiger partial charge in [-0.15, -0.1) is 0 Å². The van der Waals surface area contributed by atoms with Crippen LogP contribution < -0.4 is 0 Å². The summed E-state index contributed by atoms with van der Waals surface area (Å²) in [6.07, 6.45) is -1.61. The van der Waals surface area contributed by atoms with Crippen molar-refractivity contribution in [2.45, 2.75) is 39.2 Å². The highest BCUT2D eigenvalue weighted by Gasteiger charge is 2.15. The Morgan fingerprint density at radius 3 is 2.56 bits per heavy atom. The Morgan fingerprint density at radius 2 is 2.06 bits per heavy atom. The molecule has 5 heteroatoms. The molecule has 0 aliphatic heterocycles. The van der Waals surface area contributed by atoms with Gasteiger partial charge in [0.1, 0.15) is 12.2 Å². The topological polar surface area (TPSA) is 87.4 Å². The number of esters is 1. The van der Waals surface area contributed by atoms with E-state index in [1.807, 2.05) is 13.8 Å². The highest BCUT2D eigenvalue weighted by Crippen LogP contribution is 2.02. The van der Waals surface area contributed by atoms with E-state index in [0.717, 1.165) is 0 Å². The fourth-order valence-electron chi connectivity index (χ4n) is 0.984. The Kier molecular flexibility index (Phi) is 7.14. The van der Waals surface area contributed by atoms with E-state index in [0.29, 0.717) is 0 Å². The first-order valence-electron chi connectivity index (χ1n) is 5.18. The summed E-state index contributed by atoms with van der Waals surface area (Å²) in [4.78, 5) is 22.3. The molecule has 1 N–H and O–H groups in total. The molecule has 0 aromatic carbocycles. The summed E-state index contributed by atoms with van der Waals surface area (Å²) in [7, 11) is 0. The number of hydrogen-bond donors (Lipinski definition) is 1. The van der Waals surface area contributed by atoms with Gasteiger partial charge in [-0.25, -0.2) is 0 Å². The van der Waals surface area contributed by atoms with Gasteiger partial charge in [0.2, 0.25) is 0 Å². The molecule has 0 saturated heterocycles. The maximum Gasteiger partial charge on any atom is 0.313 e. The summed E-state index contributed by atoms with van der Waals surface area (Å²) < 4.78 is 4.81. The van der Waals surface area contributed by atoms with E-state index >= 15 is 0 Å². The van der Waals surface area contributed by atoms with Gasteiger partial charge in [-0.3, -0.25) is 9.59 Å². The first-order valence-corrected chi connectivity index (χ1v) is 5.18. The summed E-state index contributed by atoms with van der Waals surface area (Å²) in [5.41, 5.74) is 0. The molecule has 90 valence electrons. The average molecular weight is 227 g/mol. The fourth-order valence-corrected chi connectivity index (χ4v) is 0.984. The normalized spacial score (nSPS) is 11.9. The number of nitriles is 1. The lowest BCUT2D eigenvalue weighted by Crippen LogP contribution is -2.18. The van der Waals surface area contributed by atoms with E-state index < -0.39 is 17.9 Å². The van der Waals surface area contributed by atoms with Gasteiger partial charge in [0.25, 0.3) is 0 Å². The maximum atomic E-state index is 11.2. The van der Waals surface area contributed by atoms with Crippen LogP contribution in [-0.2, 0) is 14.3 Å². The lowest BCUT2D eigenvalue weighted by atomic mass is 10.1. The zero-order valence-corrected chi connectivity index (χ0v) is 9.60. The monoisotopic (exact) mass is 227 g/mol. The SMILES string of the molecule is CC(C)COC(=O)CC(=O)C[C@H](O)CC#N. The van der Waals surface area contributed by atoms with E-state index in [1.54, 1.807) is 6.07 Å². The molecule has 1 atom stereocenters. The van der Waals surface area contributed by atoms with Gasteiger partial charge >= 0.3 is 5.97 Å². The Balaban J connectivity index is 3.79. The molecule has 0 spiro atoms.